The van der Waals surface area contributed by atoms with Crippen LogP contribution in [0.25, 0.3) is 0 Å². The van der Waals surface area contributed by atoms with E-state index >= 15 is 0 Å². The SMILES string of the molecule is COc1ccc([C@H](O)c2ccccc2C)cc1. The average molecular weight is 228 g/mol. The van der Waals surface area contributed by atoms with Gasteiger partial charge in [-0.2, -0.15) is 0 Å². The summed E-state index contributed by atoms with van der Waals surface area (Å²) in [5.74, 6) is 0.797. The second kappa shape index (κ2) is 5.02. The summed E-state index contributed by atoms with van der Waals surface area (Å²) in [6, 6.07) is 15.3. The third-order valence-electron chi connectivity index (χ3n) is 2.91. The highest BCUT2D eigenvalue weighted by molar-refractivity contribution is 5.37. The molecule has 0 saturated carbocycles. The molecule has 0 aliphatic carbocycles. The lowest BCUT2D eigenvalue weighted by atomic mass is 9.98. The van der Waals surface area contributed by atoms with Crippen LogP contribution < -0.4 is 4.74 Å². The zero-order chi connectivity index (χ0) is 12.3. The number of ether oxygens (including phenoxy) is 1. The van der Waals surface area contributed by atoms with Crippen molar-refractivity contribution in [2.45, 2.75) is 13.0 Å². The first-order valence-electron chi connectivity index (χ1n) is 5.60. The Balaban J connectivity index is 2.30. The Kier molecular flexibility index (Phi) is 3.45. The number of methoxy groups -OCH3 is 1. The first-order chi connectivity index (χ1) is 8.22. The van der Waals surface area contributed by atoms with Gasteiger partial charge >= 0.3 is 0 Å². The summed E-state index contributed by atoms with van der Waals surface area (Å²) in [6.07, 6.45) is -0.581. The van der Waals surface area contributed by atoms with Gasteiger partial charge in [0, 0.05) is 0 Å². The largest absolute Gasteiger partial charge is 0.497 e. The maximum absolute atomic E-state index is 10.3. The number of benzene rings is 2. The van der Waals surface area contributed by atoms with Crippen molar-refractivity contribution < 1.29 is 9.84 Å². The highest BCUT2D eigenvalue weighted by Gasteiger charge is 2.11. The quantitative estimate of drug-likeness (QED) is 0.874. The van der Waals surface area contributed by atoms with Crippen LogP contribution >= 0.6 is 0 Å². The molecule has 2 aromatic rings. The molecule has 0 aromatic heterocycles. The van der Waals surface area contributed by atoms with E-state index in [0.717, 1.165) is 22.4 Å². The lowest BCUT2D eigenvalue weighted by Crippen LogP contribution is -2.01. The molecule has 0 fully saturated rings. The molecule has 1 atom stereocenters. The van der Waals surface area contributed by atoms with E-state index in [-0.39, 0.29) is 0 Å². The van der Waals surface area contributed by atoms with Crippen LogP contribution in [0, 0.1) is 6.92 Å². The molecule has 0 heterocycles. The zero-order valence-corrected chi connectivity index (χ0v) is 10.1. The molecule has 0 radical (unpaired) electrons. The van der Waals surface area contributed by atoms with E-state index in [2.05, 4.69) is 0 Å². The van der Waals surface area contributed by atoms with Crippen molar-refractivity contribution in [3.63, 3.8) is 0 Å². The molecule has 1 N–H and O–H groups in total. The van der Waals surface area contributed by atoms with Gasteiger partial charge in [0.1, 0.15) is 11.9 Å². The minimum atomic E-state index is -0.581. The van der Waals surface area contributed by atoms with Crippen molar-refractivity contribution >= 4 is 0 Å². The molecular weight excluding hydrogens is 212 g/mol. The number of hydrogen-bond donors (Lipinski definition) is 1. The van der Waals surface area contributed by atoms with Crippen LogP contribution in [0.1, 0.15) is 22.8 Å². The van der Waals surface area contributed by atoms with E-state index in [0.29, 0.717) is 0 Å². The fraction of sp³-hybridized carbons (Fsp3) is 0.200. The molecule has 0 spiro atoms. The third-order valence-corrected chi connectivity index (χ3v) is 2.91. The molecule has 0 saturated heterocycles. The van der Waals surface area contributed by atoms with Crippen molar-refractivity contribution in [3.05, 3.63) is 65.2 Å². The van der Waals surface area contributed by atoms with Gasteiger partial charge in [-0.05, 0) is 35.7 Å². The van der Waals surface area contributed by atoms with E-state index in [1.807, 2.05) is 55.5 Å². The van der Waals surface area contributed by atoms with Gasteiger partial charge in [-0.1, -0.05) is 36.4 Å². The van der Waals surface area contributed by atoms with Crippen molar-refractivity contribution in [3.8, 4) is 5.75 Å². The highest BCUT2D eigenvalue weighted by atomic mass is 16.5. The summed E-state index contributed by atoms with van der Waals surface area (Å²) in [7, 11) is 1.63. The molecule has 17 heavy (non-hydrogen) atoms. The molecule has 0 aliphatic rings. The zero-order valence-electron chi connectivity index (χ0n) is 10.1. The van der Waals surface area contributed by atoms with Crippen LogP contribution in [0.2, 0.25) is 0 Å². The van der Waals surface area contributed by atoms with E-state index in [1.54, 1.807) is 7.11 Å². The molecule has 0 bridgehead atoms. The Morgan fingerprint density at radius 2 is 1.65 bits per heavy atom. The van der Waals surface area contributed by atoms with Gasteiger partial charge in [0.25, 0.3) is 0 Å². The Bertz CT molecular complexity index is 489. The molecular formula is C15H16O2. The molecule has 88 valence electrons. The summed E-state index contributed by atoms with van der Waals surface area (Å²) in [5, 5.41) is 10.3. The Morgan fingerprint density at radius 3 is 2.24 bits per heavy atom. The van der Waals surface area contributed by atoms with Crippen molar-refractivity contribution in [2.75, 3.05) is 7.11 Å². The van der Waals surface area contributed by atoms with Crippen LogP contribution in [0.15, 0.2) is 48.5 Å². The number of aliphatic hydroxyl groups is 1. The van der Waals surface area contributed by atoms with Gasteiger partial charge in [-0.3, -0.25) is 0 Å². The minimum Gasteiger partial charge on any atom is -0.497 e. The van der Waals surface area contributed by atoms with Crippen LogP contribution in [-0.4, -0.2) is 12.2 Å². The molecule has 0 amide bonds. The molecule has 2 heteroatoms. The summed E-state index contributed by atoms with van der Waals surface area (Å²) in [6.45, 7) is 2.00. The fourth-order valence-electron chi connectivity index (χ4n) is 1.86. The van der Waals surface area contributed by atoms with Gasteiger partial charge in [0.05, 0.1) is 7.11 Å². The van der Waals surface area contributed by atoms with Gasteiger partial charge in [0.2, 0.25) is 0 Å². The van der Waals surface area contributed by atoms with Crippen molar-refractivity contribution in [2.24, 2.45) is 0 Å². The van der Waals surface area contributed by atoms with E-state index in [1.165, 1.54) is 0 Å². The minimum absolute atomic E-state index is 0.581. The molecule has 0 aliphatic heterocycles. The first kappa shape index (κ1) is 11.7. The topological polar surface area (TPSA) is 29.5 Å². The number of aliphatic hydroxyl groups excluding tert-OH is 1. The Labute approximate surface area is 101 Å². The monoisotopic (exact) mass is 228 g/mol. The average Bonchev–Trinajstić information content (AvgIpc) is 2.39. The molecule has 2 rings (SSSR count). The maximum atomic E-state index is 10.3. The summed E-state index contributed by atoms with van der Waals surface area (Å²) < 4.78 is 5.10. The molecule has 2 aromatic carbocycles. The second-order valence-electron chi connectivity index (χ2n) is 4.03. The van der Waals surface area contributed by atoms with Gasteiger partial charge in [-0.15, -0.1) is 0 Å². The van der Waals surface area contributed by atoms with E-state index < -0.39 is 6.10 Å². The predicted octanol–water partition coefficient (Wildman–Crippen LogP) is 3.09. The maximum Gasteiger partial charge on any atom is 0.118 e. The van der Waals surface area contributed by atoms with Gasteiger partial charge < -0.3 is 9.84 Å². The van der Waals surface area contributed by atoms with Crippen molar-refractivity contribution in [1.29, 1.82) is 0 Å². The summed E-state index contributed by atoms with van der Waals surface area (Å²) >= 11 is 0. The Hall–Kier alpha value is -1.80. The molecule has 0 unspecified atom stereocenters. The molecule has 2 nitrogen and oxygen atoms in total. The number of rotatable bonds is 3. The van der Waals surface area contributed by atoms with Crippen molar-refractivity contribution in [1.82, 2.24) is 0 Å². The predicted molar refractivity (Wildman–Crippen MR) is 68.2 cm³/mol. The fourth-order valence-corrected chi connectivity index (χ4v) is 1.86. The highest BCUT2D eigenvalue weighted by Crippen LogP contribution is 2.25. The van der Waals surface area contributed by atoms with Crippen LogP contribution in [0.3, 0.4) is 0 Å². The van der Waals surface area contributed by atoms with Gasteiger partial charge in [0.15, 0.2) is 0 Å². The standard InChI is InChI=1S/C15H16O2/c1-11-5-3-4-6-14(11)15(16)12-7-9-13(17-2)10-8-12/h3-10,15-16H,1-2H3/t15-/m0/s1. The van der Waals surface area contributed by atoms with E-state index in [4.69, 9.17) is 4.74 Å². The Morgan fingerprint density at radius 1 is 1.00 bits per heavy atom. The number of hydrogen-bond acceptors (Lipinski definition) is 2. The number of aryl methyl sites for hydroxylation is 1. The second-order valence-corrected chi connectivity index (χ2v) is 4.03. The normalized spacial score (nSPS) is 12.2. The lowest BCUT2D eigenvalue weighted by Gasteiger charge is -2.14. The lowest BCUT2D eigenvalue weighted by molar-refractivity contribution is 0.219. The smallest absolute Gasteiger partial charge is 0.118 e. The van der Waals surface area contributed by atoms with E-state index in [9.17, 15) is 5.11 Å². The summed E-state index contributed by atoms with van der Waals surface area (Å²) in [5.41, 5.74) is 2.91. The van der Waals surface area contributed by atoms with Crippen LogP contribution in [0.4, 0.5) is 0 Å². The van der Waals surface area contributed by atoms with Crippen LogP contribution in [0.5, 0.6) is 5.75 Å². The third kappa shape index (κ3) is 2.48. The van der Waals surface area contributed by atoms with Gasteiger partial charge in [-0.25, -0.2) is 0 Å². The van der Waals surface area contributed by atoms with Crippen LogP contribution in [-0.2, 0) is 0 Å². The summed E-state index contributed by atoms with van der Waals surface area (Å²) in [4.78, 5) is 0. The first-order valence-corrected chi connectivity index (χ1v) is 5.60.